The maximum atomic E-state index is 13.0. The van der Waals surface area contributed by atoms with Crippen molar-refractivity contribution >= 4 is 34.1 Å². The summed E-state index contributed by atoms with van der Waals surface area (Å²) in [6, 6.07) is 15.9. The summed E-state index contributed by atoms with van der Waals surface area (Å²) >= 11 is 5.99. The van der Waals surface area contributed by atoms with Crippen LogP contribution in [0.15, 0.2) is 59.1 Å². The molecule has 2 aromatic heterocycles. The van der Waals surface area contributed by atoms with Gasteiger partial charge in [-0.05, 0) is 47.9 Å². The number of amides is 1. The van der Waals surface area contributed by atoms with Crippen molar-refractivity contribution in [3.63, 3.8) is 0 Å². The fourth-order valence-corrected chi connectivity index (χ4v) is 4.21. The summed E-state index contributed by atoms with van der Waals surface area (Å²) in [5, 5.41) is 9.99. The number of halogens is 1. The van der Waals surface area contributed by atoms with Crippen molar-refractivity contribution in [3.05, 3.63) is 65.6 Å². The average Bonchev–Trinajstić information content (AvgIpc) is 3.47. The first-order chi connectivity index (χ1) is 15.6. The van der Waals surface area contributed by atoms with Gasteiger partial charge in [0.05, 0.1) is 0 Å². The Morgan fingerprint density at radius 3 is 2.53 bits per heavy atom. The van der Waals surface area contributed by atoms with Crippen LogP contribution in [0.3, 0.4) is 0 Å². The molecule has 0 aliphatic carbocycles. The molecular formula is C24H24ClN5O2. The number of rotatable bonds is 5. The normalized spacial score (nSPS) is 14.3. The molecule has 7 nitrogen and oxygen atoms in total. The van der Waals surface area contributed by atoms with Crippen LogP contribution in [0.2, 0.25) is 5.02 Å². The second kappa shape index (κ2) is 8.67. The number of fused-ring (bicyclic) bond motifs is 1. The van der Waals surface area contributed by atoms with Crippen LogP contribution in [-0.2, 0) is 17.8 Å². The molecule has 4 aromatic rings. The van der Waals surface area contributed by atoms with Gasteiger partial charge in [-0.2, -0.15) is 0 Å². The first-order valence-electron chi connectivity index (χ1n) is 10.8. The summed E-state index contributed by atoms with van der Waals surface area (Å²) in [5.41, 5.74) is 2.97. The molecule has 0 N–H and O–H groups in total. The molecule has 0 unspecified atom stereocenters. The van der Waals surface area contributed by atoms with Gasteiger partial charge < -0.3 is 18.8 Å². The molecule has 1 amide bonds. The molecule has 5 rings (SSSR count). The Morgan fingerprint density at radius 2 is 1.81 bits per heavy atom. The molecule has 2 aromatic carbocycles. The molecule has 3 heterocycles. The van der Waals surface area contributed by atoms with E-state index in [-0.39, 0.29) is 5.91 Å². The van der Waals surface area contributed by atoms with E-state index < -0.39 is 0 Å². The van der Waals surface area contributed by atoms with Crippen LogP contribution in [0.1, 0.15) is 12.8 Å². The topological polar surface area (TPSA) is 67.4 Å². The minimum absolute atomic E-state index is 0.120. The zero-order chi connectivity index (χ0) is 22.1. The molecule has 0 atom stereocenters. The second-order valence-corrected chi connectivity index (χ2v) is 8.35. The van der Waals surface area contributed by atoms with Gasteiger partial charge in [0.25, 0.3) is 0 Å². The number of anilines is 1. The number of benzene rings is 2. The van der Waals surface area contributed by atoms with Crippen molar-refractivity contribution in [2.45, 2.75) is 19.9 Å². The monoisotopic (exact) mass is 449 g/mol. The highest BCUT2D eigenvalue weighted by molar-refractivity contribution is 6.30. The Balaban J connectivity index is 1.27. The zero-order valence-corrected chi connectivity index (χ0v) is 18.6. The van der Waals surface area contributed by atoms with Crippen LogP contribution in [0.25, 0.3) is 22.4 Å². The van der Waals surface area contributed by atoms with Crippen molar-refractivity contribution in [3.8, 4) is 11.5 Å². The first-order valence-corrected chi connectivity index (χ1v) is 11.2. The van der Waals surface area contributed by atoms with Gasteiger partial charge in [-0.1, -0.05) is 24.6 Å². The van der Waals surface area contributed by atoms with Crippen molar-refractivity contribution in [2.24, 2.45) is 0 Å². The maximum absolute atomic E-state index is 13.0. The lowest BCUT2D eigenvalue weighted by Crippen LogP contribution is -2.49. The summed E-state index contributed by atoms with van der Waals surface area (Å²) in [6.07, 6.45) is 2.66. The van der Waals surface area contributed by atoms with Crippen molar-refractivity contribution in [2.75, 3.05) is 31.1 Å². The first kappa shape index (κ1) is 20.6. The minimum atomic E-state index is 0.120. The highest BCUT2D eigenvalue weighted by atomic mass is 35.5. The summed E-state index contributed by atoms with van der Waals surface area (Å²) < 4.78 is 7.68. The second-order valence-electron chi connectivity index (χ2n) is 7.92. The lowest BCUT2D eigenvalue weighted by atomic mass is 10.1. The summed E-state index contributed by atoms with van der Waals surface area (Å²) in [4.78, 5) is 17.2. The van der Waals surface area contributed by atoms with Gasteiger partial charge in [0.2, 0.25) is 17.7 Å². The Labute approximate surface area is 191 Å². The average molecular weight is 450 g/mol. The third-order valence-electron chi connectivity index (χ3n) is 5.92. The molecule has 1 aliphatic heterocycles. The van der Waals surface area contributed by atoms with Gasteiger partial charge in [-0.25, -0.2) is 0 Å². The van der Waals surface area contributed by atoms with Gasteiger partial charge in [-0.15, -0.1) is 10.2 Å². The van der Waals surface area contributed by atoms with Gasteiger partial charge in [0.15, 0.2) is 0 Å². The van der Waals surface area contributed by atoms with E-state index in [0.29, 0.717) is 37.8 Å². The van der Waals surface area contributed by atoms with Crippen LogP contribution in [0.4, 0.5) is 5.69 Å². The number of aryl methyl sites for hydroxylation is 1. The van der Waals surface area contributed by atoms with Gasteiger partial charge >= 0.3 is 0 Å². The van der Waals surface area contributed by atoms with E-state index in [4.69, 9.17) is 16.0 Å². The predicted molar refractivity (Wildman–Crippen MR) is 125 cm³/mol. The fourth-order valence-electron chi connectivity index (χ4n) is 4.08. The van der Waals surface area contributed by atoms with Crippen LogP contribution in [0.5, 0.6) is 0 Å². The van der Waals surface area contributed by atoms with Crippen molar-refractivity contribution < 1.29 is 9.21 Å². The van der Waals surface area contributed by atoms with Crippen molar-refractivity contribution in [1.82, 2.24) is 19.7 Å². The molecule has 164 valence electrons. The Bertz CT molecular complexity index is 1240. The summed E-state index contributed by atoms with van der Waals surface area (Å²) in [6.45, 7) is 5.30. The molecule has 1 saturated heterocycles. The van der Waals surface area contributed by atoms with Gasteiger partial charge in [0, 0.05) is 60.6 Å². The third-order valence-corrected chi connectivity index (χ3v) is 6.17. The van der Waals surface area contributed by atoms with Gasteiger partial charge in [0.1, 0.15) is 6.54 Å². The number of hydrogen-bond donors (Lipinski definition) is 0. The van der Waals surface area contributed by atoms with Crippen LogP contribution in [0, 0.1) is 0 Å². The van der Waals surface area contributed by atoms with Crippen LogP contribution in [-0.4, -0.2) is 51.8 Å². The van der Waals surface area contributed by atoms with Crippen LogP contribution >= 0.6 is 11.6 Å². The lowest BCUT2D eigenvalue weighted by Gasteiger charge is -2.36. The van der Waals surface area contributed by atoms with E-state index in [1.54, 1.807) is 0 Å². The smallest absolute Gasteiger partial charge is 0.247 e. The molecule has 1 aliphatic rings. The molecule has 1 fully saturated rings. The number of aromatic nitrogens is 3. The molecule has 32 heavy (non-hydrogen) atoms. The predicted octanol–water partition coefficient (Wildman–Crippen LogP) is 4.26. The molecular weight excluding hydrogens is 426 g/mol. The summed E-state index contributed by atoms with van der Waals surface area (Å²) in [5.74, 6) is 1.24. The highest BCUT2D eigenvalue weighted by Crippen LogP contribution is 2.25. The summed E-state index contributed by atoms with van der Waals surface area (Å²) in [7, 11) is 0. The van der Waals surface area contributed by atoms with E-state index in [2.05, 4.69) is 15.1 Å². The highest BCUT2D eigenvalue weighted by Gasteiger charge is 2.22. The SMILES string of the molecule is CCc1nnc(-c2ccc3ccn(CC(=O)N4CCN(c5ccc(Cl)cc5)CC4)c3c2)o1. The number of carbonyl (C=O) groups is 1. The number of piperazine rings is 1. The van der Waals surface area contributed by atoms with Crippen molar-refractivity contribution in [1.29, 1.82) is 0 Å². The fraction of sp³-hybridized carbons (Fsp3) is 0.292. The van der Waals surface area contributed by atoms with E-state index in [9.17, 15) is 4.79 Å². The Morgan fingerprint density at radius 1 is 1.03 bits per heavy atom. The molecule has 0 bridgehead atoms. The number of carbonyl (C=O) groups excluding carboxylic acids is 1. The molecule has 0 spiro atoms. The quantitative estimate of drug-likeness (QED) is 0.455. The maximum Gasteiger partial charge on any atom is 0.247 e. The molecule has 8 heteroatoms. The zero-order valence-electron chi connectivity index (χ0n) is 17.9. The third kappa shape index (κ3) is 4.08. The minimum Gasteiger partial charge on any atom is -0.421 e. The van der Waals surface area contributed by atoms with E-state index in [0.717, 1.165) is 40.3 Å². The van der Waals surface area contributed by atoms with Crippen LogP contribution < -0.4 is 4.90 Å². The van der Waals surface area contributed by atoms with E-state index in [1.807, 2.05) is 71.1 Å². The number of hydrogen-bond acceptors (Lipinski definition) is 5. The lowest BCUT2D eigenvalue weighted by molar-refractivity contribution is -0.132. The largest absolute Gasteiger partial charge is 0.421 e. The molecule has 0 radical (unpaired) electrons. The van der Waals surface area contributed by atoms with Gasteiger partial charge in [-0.3, -0.25) is 4.79 Å². The molecule has 0 saturated carbocycles. The Hall–Kier alpha value is -3.32. The van der Waals surface area contributed by atoms with E-state index in [1.165, 1.54) is 0 Å². The Kier molecular flexibility index (Phi) is 5.57. The standard InChI is InChI=1S/C24H24ClN5O2/c1-2-22-26-27-24(32-22)18-4-3-17-9-10-30(21(17)15-18)16-23(31)29-13-11-28(12-14-29)20-7-5-19(25)6-8-20/h3-10,15H,2,11-14,16H2,1H3. The number of nitrogens with zero attached hydrogens (tertiary/aromatic N) is 5. The van der Waals surface area contributed by atoms with E-state index >= 15 is 0 Å².